The van der Waals surface area contributed by atoms with Crippen molar-refractivity contribution in [2.75, 3.05) is 6.61 Å². The van der Waals surface area contributed by atoms with Gasteiger partial charge in [-0.05, 0) is 42.7 Å². The van der Waals surface area contributed by atoms with Crippen molar-refractivity contribution in [3.8, 4) is 5.69 Å². The summed E-state index contributed by atoms with van der Waals surface area (Å²) >= 11 is 0. The van der Waals surface area contributed by atoms with Gasteiger partial charge in [-0.2, -0.15) is 5.10 Å². The van der Waals surface area contributed by atoms with Gasteiger partial charge in [0, 0.05) is 12.4 Å². The van der Waals surface area contributed by atoms with E-state index in [0.29, 0.717) is 12.4 Å². The third kappa shape index (κ3) is 3.31. The number of hydrogen-bond acceptors (Lipinski definition) is 4. The fourth-order valence-electron chi connectivity index (χ4n) is 2.09. The molecule has 0 spiro atoms. The van der Waals surface area contributed by atoms with Crippen LogP contribution in [0.3, 0.4) is 0 Å². The third-order valence-electron chi connectivity index (χ3n) is 3.21. The Morgan fingerprint density at radius 1 is 1.33 bits per heavy atom. The molecular weight excluding hydrogens is 268 g/mol. The molecule has 0 aliphatic carbocycles. The molecule has 0 saturated heterocycles. The van der Waals surface area contributed by atoms with Gasteiger partial charge >= 0.3 is 5.97 Å². The first-order valence-electron chi connectivity index (χ1n) is 6.92. The molecule has 5 nitrogen and oxygen atoms in total. The van der Waals surface area contributed by atoms with E-state index < -0.39 is 5.97 Å². The number of carbonyl (C=O) groups is 1. The predicted molar refractivity (Wildman–Crippen MR) is 76.6 cm³/mol. The van der Waals surface area contributed by atoms with Crippen LogP contribution in [-0.2, 0) is 20.9 Å². The summed E-state index contributed by atoms with van der Waals surface area (Å²) in [5, 5.41) is 4.16. The summed E-state index contributed by atoms with van der Waals surface area (Å²) in [4.78, 5) is 11.8. The Morgan fingerprint density at radius 2 is 2.19 bits per heavy atom. The van der Waals surface area contributed by atoms with Crippen LogP contribution in [0.2, 0.25) is 0 Å². The first-order chi connectivity index (χ1) is 10.3. The van der Waals surface area contributed by atoms with E-state index in [4.69, 9.17) is 9.47 Å². The predicted octanol–water partition coefficient (Wildman–Crippen LogP) is 2.61. The lowest BCUT2D eigenvalue weighted by atomic mass is 10.2. The summed E-state index contributed by atoms with van der Waals surface area (Å²) in [5.74, 6) is -0.0692. The molecule has 0 saturated carbocycles. The van der Waals surface area contributed by atoms with Crippen molar-refractivity contribution in [1.82, 2.24) is 9.78 Å². The van der Waals surface area contributed by atoms with Gasteiger partial charge in [-0.1, -0.05) is 12.1 Å². The highest BCUT2D eigenvalue weighted by molar-refractivity contribution is 5.86. The molecule has 3 rings (SSSR count). The van der Waals surface area contributed by atoms with Crippen LogP contribution in [0.25, 0.3) is 5.69 Å². The minimum Gasteiger partial charge on any atom is -0.487 e. The second-order valence-corrected chi connectivity index (χ2v) is 4.75. The van der Waals surface area contributed by atoms with Gasteiger partial charge in [0.25, 0.3) is 0 Å². The lowest BCUT2D eigenvalue weighted by molar-refractivity contribution is -0.144. The van der Waals surface area contributed by atoms with Crippen LogP contribution in [0.4, 0.5) is 0 Å². The van der Waals surface area contributed by atoms with Gasteiger partial charge in [0.15, 0.2) is 0 Å². The Hall–Kier alpha value is -2.56. The molecule has 21 heavy (non-hydrogen) atoms. The molecule has 0 unspecified atom stereocenters. The highest BCUT2D eigenvalue weighted by Crippen LogP contribution is 2.13. The van der Waals surface area contributed by atoms with E-state index >= 15 is 0 Å². The first kappa shape index (κ1) is 13.4. The highest BCUT2D eigenvalue weighted by Gasteiger charge is 2.15. The molecule has 1 aromatic carbocycles. The molecule has 1 aromatic heterocycles. The van der Waals surface area contributed by atoms with Crippen molar-refractivity contribution in [3.05, 3.63) is 60.1 Å². The largest absolute Gasteiger partial charge is 0.487 e. The second-order valence-electron chi connectivity index (χ2n) is 4.75. The van der Waals surface area contributed by atoms with E-state index in [2.05, 4.69) is 5.10 Å². The van der Waals surface area contributed by atoms with Crippen molar-refractivity contribution in [1.29, 1.82) is 0 Å². The van der Waals surface area contributed by atoms with E-state index in [1.165, 1.54) is 0 Å². The van der Waals surface area contributed by atoms with Crippen molar-refractivity contribution < 1.29 is 14.3 Å². The Bertz CT molecular complexity index is 630. The zero-order valence-corrected chi connectivity index (χ0v) is 11.6. The maximum atomic E-state index is 11.8. The molecule has 1 aliphatic heterocycles. The number of carbonyl (C=O) groups excluding carboxylic acids is 1. The van der Waals surface area contributed by atoms with Gasteiger partial charge in [-0.15, -0.1) is 0 Å². The van der Waals surface area contributed by atoms with E-state index in [1.54, 1.807) is 17.0 Å². The number of esters is 1. The quantitative estimate of drug-likeness (QED) is 0.810. The minimum atomic E-state index is -0.397. The van der Waals surface area contributed by atoms with Crippen LogP contribution in [0.15, 0.2) is 54.6 Å². The molecule has 108 valence electrons. The maximum Gasteiger partial charge on any atom is 0.373 e. The Morgan fingerprint density at radius 3 is 2.86 bits per heavy atom. The lowest BCUT2D eigenvalue weighted by Crippen LogP contribution is -2.14. The summed E-state index contributed by atoms with van der Waals surface area (Å²) in [6.45, 7) is 0.818. The molecule has 0 fully saturated rings. The second kappa shape index (κ2) is 6.26. The first-order valence-corrected chi connectivity index (χ1v) is 6.92. The Labute approximate surface area is 122 Å². The van der Waals surface area contributed by atoms with Crippen LogP contribution in [0.1, 0.15) is 18.4 Å². The van der Waals surface area contributed by atoms with E-state index in [-0.39, 0.29) is 6.61 Å². The summed E-state index contributed by atoms with van der Waals surface area (Å²) in [5.41, 5.74) is 1.89. The fourth-order valence-corrected chi connectivity index (χ4v) is 2.09. The summed E-state index contributed by atoms with van der Waals surface area (Å²) in [7, 11) is 0. The average Bonchev–Trinajstić information content (AvgIpc) is 3.08. The van der Waals surface area contributed by atoms with Gasteiger partial charge in [-0.25, -0.2) is 9.48 Å². The number of hydrogen-bond donors (Lipinski definition) is 0. The van der Waals surface area contributed by atoms with Crippen molar-refractivity contribution in [3.63, 3.8) is 0 Å². The van der Waals surface area contributed by atoms with Crippen LogP contribution < -0.4 is 0 Å². The fraction of sp³-hybridized carbons (Fsp3) is 0.250. The summed E-state index contributed by atoms with van der Waals surface area (Å²) < 4.78 is 12.3. The number of rotatable bonds is 4. The molecule has 2 heterocycles. The number of nitrogens with zero attached hydrogens (tertiary/aromatic N) is 2. The number of aromatic nitrogens is 2. The standard InChI is InChI=1S/C16H16N2O3/c19-16(15-4-1-2-11-20-15)21-12-13-5-7-14(8-6-13)18-10-3-9-17-18/h3-10H,1-2,11-12H2. The SMILES string of the molecule is O=C(OCc1ccc(-n2cccn2)cc1)C1=CCCCO1. The topological polar surface area (TPSA) is 53.4 Å². The number of allylic oxidation sites excluding steroid dienone is 1. The summed E-state index contributed by atoms with van der Waals surface area (Å²) in [6.07, 6.45) is 7.21. The van der Waals surface area contributed by atoms with Gasteiger partial charge in [0.05, 0.1) is 12.3 Å². The normalized spacial score (nSPS) is 14.2. The van der Waals surface area contributed by atoms with Crippen molar-refractivity contribution in [2.45, 2.75) is 19.4 Å². The molecule has 0 amide bonds. The zero-order valence-electron chi connectivity index (χ0n) is 11.6. The molecule has 5 heteroatoms. The average molecular weight is 284 g/mol. The third-order valence-corrected chi connectivity index (χ3v) is 3.21. The monoisotopic (exact) mass is 284 g/mol. The number of benzene rings is 1. The van der Waals surface area contributed by atoms with Gasteiger partial charge in [0.1, 0.15) is 6.61 Å². The van der Waals surface area contributed by atoms with E-state index in [0.717, 1.165) is 24.1 Å². The van der Waals surface area contributed by atoms with Gasteiger partial charge in [0.2, 0.25) is 5.76 Å². The smallest absolute Gasteiger partial charge is 0.373 e. The summed E-state index contributed by atoms with van der Waals surface area (Å²) in [6, 6.07) is 9.58. The minimum absolute atomic E-state index is 0.235. The van der Waals surface area contributed by atoms with Crippen molar-refractivity contribution in [2.24, 2.45) is 0 Å². The van der Waals surface area contributed by atoms with Crippen molar-refractivity contribution >= 4 is 5.97 Å². The molecule has 0 radical (unpaired) electrons. The highest BCUT2D eigenvalue weighted by atomic mass is 16.6. The Balaban J connectivity index is 1.58. The van der Waals surface area contributed by atoms with E-state index in [9.17, 15) is 4.79 Å². The zero-order chi connectivity index (χ0) is 14.5. The lowest BCUT2D eigenvalue weighted by Gasteiger charge is -2.13. The molecule has 0 atom stereocenters. The Kier molecular flexibility index (Phi) is 4.00. The molecular formula is C16H16N2O3. The molecule has 2 aromatic rings. The number of ether oxygens (including phenoxy) is 2. The maximum absolute atomic E-state index is 11.8. The van der Waals surface area contributed by atoms with Crippen LogP contribution in [0, 0.1) is 0 Å². The van der Waals surface area contributed by atoms with Crippen LogP contribution >= 0.6 is 0 Å². The molecule has 1 aliphatic rings. The molecule has 0 N–H and O–H groups in total. The van der Waals surface area contributed by atoms with Crippen LogP contribution in [0.5, 0.6) is 0 Å². The van der Waals surface area contributed by atoms with Gasteiger partial charge in [-0.3, -0.25) is 0 Å². The van der Waals surface area contributed by atoms with E-state index in [1.807, 2.05) is 36.5 Å². The van der Waals surface area contributed by atoms with Gasteiger partial charge < -0.3 is 9.47 Å². The molecule has 0 bridgehead atoms. The van der Waals surface area contributed by atoms with Crippen LogP contribution in [-0.4, -0.2) is 22.4 Å².